The van der Waals surface area contributed by atoms with E-state index >= 15 is 0 Å². The lowest BCUT2D eigenvalue weighted by atomic mass is 9.80. The Morgan fingerprint density at radius 3 is 3.18 bits per heavy atom. The highest BCUT2D eigenvalue weighted by Crippen LogP contribution is 2.36. The molecule has 1 aromatic rings. The summed E-state index contributed by atoms with van der Waals surface area (Å²) >= 11 is 1.48. The van der Waals surface area contributed by atoms with E-state index in [4.69, 9.17) is 0 Å². The fourth-order valence-corrected chi connectivity index (χ4v) is 3.49. The molecule has 1 spiro atoms. The number of rotatable bonds is 1. The van der Waals surface area contributed by atoms with Crippen LogP contribution in [0, 0.1) is 5.41 Å². The van der Waals surface area contributed by atoms with Gasteiger partial charge < -0.3 is 10.2 Å². The van der Waals surface area contributed by atoms with E-state index in [-0.39, 0.29) is 5.91 Å². The second kappa shape index (κ2) is 4.38. The van der Waals surface area contributed by atoms with Gasteiger partial charge >= 0.3 is 0 Å². The van der Waals surface area contributed by atoms with Gasteiger partial charge in [0.15, 0.2) is 0 Å². The second-order valence-electron chi connectivity index (χ2n) is 5.13. The van der Waals surface area contributed by atoms with Crippen LogP contribution in [0.1, 0.15) is 29.8 Å². The van der Waals surface area contributed by atoms with Gasteiger partial charge in [-0.2, -0.15) is 0 Å². The molecule has 3 heterocycles. The van der Waals surface area contributed by atoms with Crippen molar-refractivity contribution in [3.8, 4) is 0 Å². The minimum Gasteiger partial charge on any atom is -0.337 e. The fourth-order valence-electron chi connectivity index (χ4n) is 2.97. The fraction of sp³-hybridized carbons (Fsp3) is 0.667. The molecule has 0 saturated carbocycles. The van der Waals surface area contributed by atoms with Gasteiger partial charge in [0.25, 0.3) is 5.91 Å². The third-order valence-corrected chi connectivity index (χ3v) is 4.52. The Morgan fingerprint density at radius 2 is 2.47 bits per heavy atom. The summed E-state index contributed by atoms with van der Waals surface area (Å²) in [5, 5.41) is 5.30. The number of piperidine rings is 1. The molecule has 1 aromatic heterocycles. The van der Waals surface area contributed by atoms with Gasteiger partial charge in [-0.1, -0.05) is 0 Å². The van der Waals surface area contributed by atoms with Gasteiger partial charge in [0, 0.05) is 30.4 Å². The third kappa shape index (κ3) is 2.09. The summed E-state index contributed by atoms with van der Waals surface area (Å²) in [6.45, 7) is 3.98. The maximum atomic E-state index is 12.2. The van der Waals surface area contributed by atoms with E-state index < -0.39 is 0 Å². The van der Waals surface area contributed by atoms with Crippen LogP contribution in [0.4, 0.5) is 0 Å². The van der Waals surface area contributed by atoms with E-state index in [0.717, 1.165) is 32.6 Å². The van der Waals surface area contributed by atoms with E-state index in [1.54, 1.807) is 5.51 Å². The van der Waals surface area contributed by atoms with Gasteiger partial charge in [0.2, 0.25) is 0 Å². The number of carbonyl (C=O) groups excluding carboxylic acids is 1. The van der Waals surface area contributed by atoms with Crippen molar-refractivity contribution in [2.45, 2.75) is 19.3 Å². The molecule has 92 valence electrons. The van der Waals surface area contributed by atoms with Crippen LogP contribution in [0.5, 0.6) is 0 Å². The van der Waals surface area contributed by atoms with Crippen LogP contribution in [-0.4, -0.2) is 42.0 Å². The first-order valence-corrected chi connectivity index (χ1v) is 7.12. The Balaban J connectivity index is 1.69. The van der Waals surface area contributed by atoms with Crippen molar-refractivity contribution < 1.29 is 4.79 Å². The largest absolute Gasteiger partial charge is 0.337 e. The molecule has 5 heteroatoms. The number of likely N-dealkylation sites (tertiary alicyclic amines) is 1. The highest BCUT2D eigenvalue weighted by atomic mass is 32.1. The van der Waals surface area contributed by atoms with Crippen molar-refractivity contribution in [2.24, 2.45) is 5.41 Å². The average Bonchev–Trinajstić information content (AvgIpc) is 2.99. The first kappa shape index (κ1) is 11.2. The highest BCUT2D eigenvalue weighted by molar-refractivity contribution is 7.07. The zero-order valence-corrected chi connectivity index (χ0v) is 10.6. The molecule has 1 amide bonds. The number of nitrogens with zero attached hydrogens (tertiary/aromatic N) is 2. The molecule has 17 heavy (non-hydrogen) atoms. The van der Waals surface area contributed by atoms with Gasteiger partial charge in [-0.3, -0.25) is 4.79 Å². The molecule has 2 fully saturated rings. The molecule has 2 aliphatic heterocycles. The molecule has 0 aliphatic carbocycles. The van der Waals surface area contributed by atoms with Crippen molar-refractivity contribution in [2.75, 3.05) is 26.2 Å². The van der Waals surface area contributed by atoms with Crippen molar-refractivity contribution in [1.29, 1.82) is 0 Å². The first-order valence-electron chi connectivity index (χ1n) is 6.17. The van der Waals surface area contributed by atoms with Crippen molar-refractivity contribution in [3.63, 3.8) is 0 Å². The predicted molar refractivity (Wildman–Crippen MR) is 67.2 cm³/mol. The number of nitrogens with one attached hydrogen (secondary N) is 1. The van der Waals surface area contributed by atoms with Crippen LogP contribution >= 0.6 is 11.3 Å². The van der Waals surface area contributed by atoms with Crippen molar-refractivity contribution in [3.05, 3.63) is 16.6 Å². The molecule has 3 rings (SSSR count). The summed E-state index contributed by atoms with van der Waals surface area (Å²) in [7, 11) is 0. The molecule has 2 saturated heterocycles. The molecule has 2 aliphatic rings. The lowest BCUT2D eigenvalue weighted by Crippen LogP contribution is -2.42. The molecule has 0 bridgehead atoms. The van der Waals surface area contributed by atoms with E-state index in [0.29, 0.717) is 11.1 Å². The van der Waals surface area contributed by atoms with E-state index in [9.17, 15) is 4.79 Å². The highest BCUT2D eigenvalue weighted by Gasteiger charge is 2.40. The van der Waals surface area contributed by atoms with Gasteiger partial charge in [-0.05, 0) is 25.8 Å². The van der Waals surface area contributed by atoms with Crippen LogP contribution in [0.25, 0.3) is 0 Å². The molecular formula is C12H17N3OS. The van der Waals surface area contributed by atoms with E-state index in [1.807, 2.05) is 10.3 Å². The van der Waals surface area contributed by atoms with Gasteiger partial charge in [0.05, 0.1) is 5.51 Å². The summed E-state index contributed by atoms with van der Waals surface area (Å²) in [4.78, 5) is 18.3. The smallest absolute Gasteiger partial charge is 0.273 e. The Bertz CT molecular complexity index is 398. The molecule has 1 N–H and O–H groups in total. The topological polar surface area (TPSA) is 45.2 Å². The molecule has 0 aromatic carbocycles. The Morgan fingerprint density at radius 1 is 1.53 bits per heavy atom. The van der Waals surface area contributed by atoms with Crippen molar-refractivity contribution in [1.82, 2.24) is 15.2 Å². The number of carbonyl (C=O) groups is 1. The molecule has 0 radical (unpaired) electrons. The van der Waals surface area contributed by atoms with Crippen LogP contribution in [-0.2, 0) is 0 Å². The molecule has 1 atom stereocenters. The SMILES string of the molecule is O=C(c1cscn1)N1CCC2(CCCNC2)C1. The number of amides is 1. The number of hydrogen-bond donors (Lipinski definition) is 1. The van der Waals surface area contributed by atoms with E-state index in [2.05, 4.69) is 10.3 Å². The van der Waals surface area contributed by atoms with Crippen LogP contribution in [0.3, 0.4) is 0 Å². The minimum absolute atomic E-state index is 0.105. The summed E-state index contributed by atoms with van der Waals surface area (Å²) in [5.41, 5.74) is 2.67. The van der Waals surface area contributed by atoms with Gasteiger partial charge in [0.1, 0.15) is 5.69 Å². The summed E-state index contributed by atoms with van der Waals surface area (Å²) in [5.74, 6) is 0.105. The van der Waals surface area contributed by atoms with Crippen molar-refractivity contribution >= 4 is 17.2 Å². The molecular weight excluding hydrogens is 234 g/mol. The number of aromatic nitrogens is 1. The zero-order chi connectivity index (χ0) is 11.7. The zero-order valence-electron chi connectivity index (χ0n) is 9.82. The number of thiazole rings is 1. The summed E-state index contributed by atoms with van der Waals surface area (Å²) in [6.07, 6.45) is 3.62. The number of hydrogen-bond acceptors (Lipinski definition) is 4. The minimum atomic E-state index is 0.105. The third-order valence-electron chi connectivity index (χ3n) is 3.94. The van der Waals surface area contributed by atoms with Crippen LogP contribution in [0.15, 0.2) is 10.9 Å². The van der Waals surface area contributed by atoms with Gasteiger partial charge in [-0.25, -0.2) is 4.98 Å². The lowest BCUT2D eigenvalue weighted by molar-refractivity contribution is 0.0759. The Labute approximate surface area is 105 Å². The predicted octanol–water partition coefficient (Wildman–Crippen LogP) is 1.36. The summed E-state index contributed by atoms with van der Waals surface area (Å²) in [6, 6.07) is 0. The van der Waals surface area contributed by atoms with E-state index in [1.165, 1.54) is 24.2 Å². The summed E-state index contributed by atoms with van der Waals surface area (Å²) < 4.78 is 0. The quantitative estimate of drug-likeness (QED) is 0.819. The van der Waals surface area contributed by atoms with Gasteiger partial charge in [-0.15, -0.1) is 11.3 Å². The van der Waals surface area contributed by atoms with Crippen LogP contribution < -0.4 is 5.32 Å². The molecule has 4 nitrogen and oxygen atoms in total. The normalized spacial score (nSPS) is 28.8. The molecule has 1 unspecified atom stereocenters. The first-order chi connectivity index (χ1) is 8.29. The Kier molecular flexibility index (Phi) is 2.88. The maximum Gasteiger partial charge on any atom is 0.273 e. The monoisotopic (exact) mass is 251 g/mol. The second-order valence-corrected chi connectivity index (χ2v) is 5.85. The average molecular weight is 251 g/mol. The lowest BCUT2D eigenvalue weighted by Gasteiger charge is -2.33. The standard InChI is InChI=1S/C12H17N3OS/c16-11(10-6-17-9-14-10)15-5-3-12(8-15)2-1-4-13-7-12/h6,9,13H,1-5,7-8H2. The maximum absolute atomic E-state index is 12.2. The Hall–Kier alpha value is -0.940. The van der Waals surface area contributed by atoms with Crippen LogP contribution in [0.2, 0.25) is 0 Å².